The first-order valence-electron chi connectivity index (χ1n) is 7.89. The Bertz CT molecular complexity index is 976. The Labute approximate surface area is 155 Å². The Balaban J connectivity index is 1.82. The zero-order valence-electron chi connectivity index (χ0n) is 13.7. The summed E-state index contributed by atoms with van der Waals surface area (Å²) in [7, 11) is 0. The molecule has 0 bridgehead atoms. The Morgan fingerprint density at radius 2 is 1.73 bits per heavy atom. The van der Waals surface area contributed by atoms with Crippen LogP contribution in [-0.2, 0) is 6.54 Å². The van der Waals surface area contributed by atoms with Gasteiger partial charge >= 0.3 is 0 Å². The number of hydrogen-bond acceptors (Lipinski definition) is 2. The van der Waals surface area contributed by atoms with Crippen molar-refractivity contribution >= 4 is 17.5 Å². The van der Waals surface area contributed by atoms with E-state index in [1.54, 1.807) is 48.5 Å². The van der Waals surface area contributed by atoms with E-state index in [1.165, 1.54) is 18.2 Å². The number of hydrogen-bond donors (Lipinski definition) is 1. The zero-order valence-corrected chi connectivity index (χ0v) is 14.4. The first-order chi connectivity index (χ1) is 12.6. The van der Waals surface area contributed by atoms with Crippen LogP contribution in [0.2, 0.25) is 5.02 Å². The molecule has 3 rings (SSSR count). The Morgan fingerprint density at radius 3 is 2.38 bits per heavy atom. The lowest BCUT2D eigenvalue weighted by molar-refractivity contribution is 0.0951. The molecule has 5 heteroatoms. The molecule has 3 aromatic rings. The highest BCUT2D eigenvalue weighted by atomic mass is 35.5. The summed E-state index contributed by atoms with van der Waals surface area (Å²) in [6.07, 6.45) is 0. The van der Waals surface area contributed by atoms with Gasteiger partial charge in [0.2, 0.25) is 0 Å². The van der Waals surface area contributed by atoms with Gasteiger partial charge in [0.1, 0.15) is 5.82 Å². The first kappa shape index (κ1) is 17.7. The third kappa shape index (κ3) is 4.08. The molecule has 0 aliphatic carbocycles. The minimum absolute atomic E-state index is 0.306. The normalized spacial score (nSPS) is 10.2. The summed E-state index contributed by atoms with van der Waals surface area (Å²) in [6, 6.07) is 19.9. The number of carbonyl (C=O) groups excluding carboxylic acids is 1. The average Bonchev–Trinajstić information content (AvgIpc) is 2.67. The van der Waals surface area contributed by atoms with Crippen LogP contribution >= 0.6 is 11.6 Å². The third-order valence-corrected chi connectivity index (χ3v) is 4.17. The van der Waals surface area contributed by atoms with Crippen LogP contribution in [0.5, 0.6) is 0 Å². The highest BCUT2D eigenvalue weighted by molar-refractivity contribution is 6.30. The lowest BCUT2D eigenvalue weighted by Gasteiger charge is -2.11. The second-order valence-electron chi connectivity index (χ2n) is 5.69. The van der Waals surface area contributed by atoms with Gasteiger partial charge in [-0.15, -0.1) is 0 Å². The van der Waals surface area contributed by atoms with E-state index in [1.807, 2.05) is 6.07 Å². The molecule has 0 saturated carbocycles. The minimum Gasteiger partial charge on any atom is -0.348 e. The summed E-state index contributed by atoms with van der Waals surface area (Å²) in [5.74, 6) is -0.724. The molecule has 0 fully saturated rings. The molecule has 26 heavy (non-hydrogen) atoms. The lowest BCUT2D eigenvalue weighted by atomic mass is 9.99. The highest BCUT2D eigenvalue weighted by Crippen LogP contribution is 2.26. The molecule has 0 heterocycles. The van der Waals surface area contributed by atoms with Crippen LogP contribution in [0.15, 0.2) is 66.7 Å². The number of nitriles is 1. The van der Waals surface area contributed by atoms with E-state index in [0.717, 1.165) is 5.56 Å². The number of nitrogens with one attached hydrogen (secondary N) is 1. The van der Waals surface area contributed by atoms with Crippen LogP contribution in [-0.4, -0.2) is 5.91 Å². The van der Waals surface area contributed by atoms with Crippen LogP contribution in [0, 0.1) is 17.1 Å². The molecule has 0 unspecified atom stereocenters. The van der Waals surface area contributed by atoms with Crippen molar-refractivity contribution in [3.05, 3.63) is 94.3 Å². The standard InChI is InChI=1S/C21H14ClFN2O/c22-17-7-5-16(6-8-17)20-11-18(23)9-10-19(20)21(26)25-13-15-3-1-14(12-24)2-4-15/h1-11H,13H2,(H,25,26). The Kier molecular flexibility index (Phi) is 5.31. The maximum atomic E-state index is 13.7. The number of benzene rings is 3. The van der Waals surface area contributed by atoms with Crippen LogP contribution < -0.4 is 5.32 Å². The van der Waals surface area contributed by atoms with Gasteiger partial charge in [-0.2, -0.15) is 5.26 Å². The maximum absolute atomic E-state index is 13.7. The van der Waals surface area contributed by atoms with Gasteiger partial charge in [0, 0.05) is 17.1 Å². The van der Waals surface area contributed by atoms with Crippen molar-refractivity contribution in [1.29, 1.82) is 5.26 Å². The largest absolute Gasteiger partial charge is 0.348 e. The fraction of sp³-hybridized carbons (Fsp3) is 0.0476. The van der Waals surface area contributed by atoms with Crippen LogP contribution in [0.1, 0.15) is 21.5 Å². The SMILES string of the molecule is N#Cc1ccc(CNC(=O)c2ccc(F)cc2-c2ccc(Cl)cc2)cc1. The van der Waals surface area contributed by atoms with Gasteiger partial charge < -0.3 is 5.32 Å². The molecule has 1 amide bonds. The summed E-state index contributed by atoms with van der Waals surface area (Å²) in [6.45, 7) is 0.308. The van der Waals surface area contributed by atoms with E-state index in [0.29, 0.717) is 33.8 Å². The van der Waals surface area contributed by atoms with E-state index < -0.39 is 5.82 Å². The quantitative estimate of drug-likeness (QED) is 0.712. The van der Waals surface area contributed by atoms with Gasteiger partial charge in [-0.1, -0.05) is 35.9 Å². The van der Waals surface area contributed by atoms with Gasteiger partial charge in [0.05, 0.1) is 11.6 Å². The van der Waals surface area contributed by atoms with Crippen molar-refractivity contribution in [3.8, 4) is 17.2 Å². The van der Waals surface area contributed by atoms with Gasteiger partial charge in [0.15, 0.2) is 0 Å². The fourth-order valence-corrected chi connectivity index (χ4v) is 2.68. The molecule has 1 N–H and O–H groups in total. The topological polar surface area (TPSA) is 52.9 Å². The highest BCUT2D eigenvalue weighted by Gasteiger charge is 2.14. The molecule has 3 aromatic carbocycles. The molecule has 0 spiro atoms. The van der Waals surface area contributed by atoms with Crippen molar-refractivity contribution in [1.82, 2.24) is 5.32 Å². The molecule has 0 aliphatic heterocycles. The number of carbonyl (C=O) groups is 1. The molecule has 0 aliphatic rings. The van der Waals surface area contributed by atoms with Crippen LogP contribution in [0.4, 0.5) is 4.39 Å². The van der Waals surface area contributed by atoms with E-state index in [4.69, 9.17) is 16.9 Å². The Hall–Kier alpha value is -3.16. The molecule has 0 aromatic heterocycles. The van der Waals surface area contributed by atoms with Gasteiger partial charge in [-0.3, -0.25) is 4.79 Å². The molecule has 0 radical (unpaired) electrons. The van der Waals surface area contributed by atoms with Crippen molar-refractivity contribution < 1.29 is 9.18 Å². The molecular formula is C21H14ClFN2O. The molecule has 0 atom stereocenters. The minimum atomic E-state index is -0.418. The zero-order chi connectivity index (χ0) is 18.5. The molecular weight excluding hydrogens is 351 g/mol. The maximum Gasteiger partial charge on any atom is 0.252 e. The number of halogens is 2. The summed E-state index contributed by atoms with van der Waals surface area (Å²) in [5.41, 5.74) is 3.01. The van der Waals surface area contributed by atoms with E-state index in [-0.39, 0.29) is 5.91 Å². The van der Waals surface area contributed by atoms with Crippen LogP contribution in [0.3, 0.4) is 0 Å². The smallest absolute Gasteiger partial charge is 0.252 e. The number of rotatable bonds is 4. The van der Waals surface area contributed by atoms with Gasteiger partial charge in [-0.25, -0.2) is 4.39 Å². The van der Waals surface area contributed by atoms with Gasteiger partial charge in [-0.05, 0) is 59.2 Å². The number of nitrogens with zero attached hydrogens (tertiary/aromatic N) is 1. The predicted octanol–water partition coefficient (Wildman–Crippen LogP) is 4.95. The second kappa shape index (κ2) is 7.81. The molecule has 3 nitrogen and oxygen atoms in total. The predicted molar refractivity (Wildman–Crippen MR) is 99.2 cm³/mol. The summed E-state index contributed by atoms with van der Waals surface area (Å²) >= 11 is 5.90. The summed E-state index contributed by atoms with van der Waals surface area (Å²) in [4.78, 5) is 12.6. The average molecular weight is 365 g/mol. The molecule has 0 saturated heterocycles. The second-order valence-corrected chi connectivity index (χ2v) is 6.12. The van der Waals surface area contributed by atoms with E-state index >= 15 is 0 Å². The Morgan fingerprint density at radius 1 is 1.04 bits per heavy atom. The first-order valence-corrected chi connectivity index (χ1v) is 8.27. The number of amides is 1. The third-order valence-electron chi connectivity index (χ3n) is 3.92. The summed E-state index contributed by atoms with van der Waals surface area (Å²) in [5, 5.41) is 12.2. The van der Waals surface area contributed by atoms with E-state index in [9.17, 15) is 9.18 Å². The van der Waals surface area contributed by atoms with Crippen molar-refractivity contribution in [3.63, 3.8) is 0 Å². The van der Waals surface area contributed by atoms with E-state index in [2.05, 4.69) is 5.32 Å². The summed E-state index contributed by atoms with van der Waals surface area (Å²) < 4.78 is 13.7. The van der Waals surface area contributed by atoms with Gasteiger partial charge in [0.25, 0.3) is 5.91 Å². The van der Waals surface area contributed by atoms with Crippen LogP contribution in [0.25, 0.3) is 11.1 Å². The van der Waals surface area contributed by atoms with Crippen molar-refractivity contribution in [2.75, 3.05) is 0 Å². The monoisotopic (exact) mass is 364 g/mol. The van der Waals surface area contributed by atoms with Crippen molar-refractivity contribution in [2.24, 2.45) is 0 Å². The lowest BCUT2D eigenvalue weighted by Crippen LogP contribution is -2.23. The molecule has 128 valence electrons. The fourth-order valence-electron chi connectivity index (χ4n) is 2.56. The van der Waals surface area contributed by atoms with Crippen molar-refractivity contribution in [2.45, 2.75) is 6.54 Å².